The first-order valence-electron chi connectivity index (χ1n) is 9.54. The Hall–Kier alpha value is -3.02. The van der Waals surface area contributed by atoms with Gasteiger partial charge in [-0.3, -0.25) is 4.79 Å². The molecule has 0 unspecified atom stereocenters. The van der Waals surface area contributed by atoms with Crippen LogP contribution in [0.15, 0.2) is 42.5 Å². The minimum absolute atomic E-state index is 0.101. The van der Waals surface area contributed by atoms with Gasteiger partial charge in [0.15, 0.2) is 11.5 Å². The summed E-state index contributed by atoms with van der Waals surface area (Å²) in [7, 11) is 5.20. The monoisotopic (exact) mass is 381 g/mol. The molecule has 0 fully saturated rings. The number of rotatable bonds is 9. The molecule has 0 aliphatic heterocycles. The van der Waals surface area contributed by atoms with Crippen molar-refractivity contribution >= 4 is 16.9 Å². The average Bonchev–Trinajstić information content (AvgIpc) is 3.05. The van der Waals surface area contributed by atoms with Gasteiger partial charge in [0.1, 0.15) is 5.82 Å². The molecule has 0 bridgehead atoms. The number of imidazole rings is 1. The molecule has 0 aliphatic rings. The summed E-state index contributed by atoms with van der Waals surface area (Å²) >= 11 is 0. The molecule has 1 heterocycles. The first-order valence-corrected chi connectivity index (χ1v) is 9.54. The maximum Gasteiger partial charge on any atom is 0.251 e. The maximum absolute atomic E-state index is 12.3. The number of hydrogen-bond acceptors (Lipinski definition) is 4. The van der Waals surface area contributed by atoms with Crippen LogP contribution in [0, 0.1) is 0 Å². The number of aryl methyl sites for hydroxylation is 2. The summed E-state index contributed by atoms with van der Waals surface area (Å²) in [6.07, 6.45) is 3.95. The number of nitrogens with zero attached hydrogens (tertiary/aromatic N) is 2. The minimum atomic E-state index is -0.101. The first kappa shape index (κ1) is 19.7. The van der Waals surface area contributed by atoms with Crippen molar-refractivity contribution in [2.45, 2.75) is 25.7 Å². The van der Waals surface area contributed by atoms with E-state index >= 15 is 0 Å². The van der Waals surface area contributed by atoms with E-state index in [0.29, 0.717) is 23.6 Å². The Balaban J connectivity index is 1.42. The van der Waals surface area contributed by atoms with E-state index in [1.165, 1.54) is 5.52 Å². The summed E-state index contributed by atoms with van der Waals surface area (Å²) in [5.74, 6) is 2.17. The van der Waals surface area contributed by atoms with Crippen LogP contribution in [0.1, 0.15) is 35.4 Å². The van der Waals surface area contributed by atoms with Crippen molar-refractivity contribution in [2.24, 2.45) is 7.05 Å². The SMILES string of the molecule is COc1ccc(C(=O)NCCCCCc2nc3ccccc3n2C)cc1OC. The third kappa shape index (κ3) is 4.44. The van der Waals surface area contributed by atoms with Crippen molar-refractivity contribution in [1.82, 2.24) is 14.9 Å². The Morgan fingerprint density at radius 2 is 1.82 bits per heavy atom. The lowest BCUT2D eigenvalue weighted by Gasteiger charge is -2.10. The van der Waals surface area contributed by atoms with Crippen LogP contribution >= 0.6 is 0 Å². The van der Waals surface area contributed by atoms with Crippen molar-refractivity contribution in [2.75, 3.05) is 20.8 Å². The van der Waals surface area contributed by atoms with Gasteiger partial charge < -0.3 is 19.4 Å². The van der Waals surface area contributed by atoms with Gasteiger partial charge >= 0.3 is 0 Å². The fourth-order valence-electron chi connectivity index (χ4n) is 3.29. The molecule has 0 aliphatic carbocycles. The molecule has 0 saturated carbocycles. The van der Waals surface area contributed by atoms with Crippen LogP contribution in [0.2, 0.25) is 0 Å². The van der Waals surface area contributed by atoms with Crippen molar-refractivity contribution in [3.63, 3.8) is 0 Å². The summed E-state index contributed by atoms with van der Waals surface area (Å²) in [6, 6.07) is 13.4. The van der Waals surface area contributed by atoms with Crippen LogP contribution in [0.5, 0.6) is 11.5 Å². The van der Waals surface area contributed by atoms with Crippen LogP contribution < -0.4 is 14.8 Å². The predicted molar refractivity (Wildman–Crippen MR) is 110 cm³/mol. The molecule has 0 radical (unpaired) electrons. The van der Waals surface area contributed by atoms with Gasteiger partial charge in [0.2, 0.25) is 0 Å². The molecule has 148 valence electrons. The van der Waals surface area contributed by atoms with E-state index in [0.717, 1.165) is 37.0 Å². The molecular formula is C22H27N3O3. The van der Waals surface area contributed by atoms with Gasteiger partial charge in [-0.1, -0.05) is 18.6 Å². The number of amides is 1. The molecule has 0 spiro atoms. The normalized spacial score (nSPS) is 10.8. The molecule has 3 aromatic rings. The summed E-state index contributed by atoms with van der Waals surface area (Å²) in [6.45, 7) is 0.649. The molecule has 2 aromatic carbocycles. The molecule has 6 nitrogen and oxygen atoms in total. The minimum Gasteiger partial charge on any atom is -0.493 e. The molecule has 1 N–H and O–H groups in total. The van der Waals surface area contributed by atoms with Gasteiger partial charge in [0.25, 0.3) is 5.91 Å². The Morgan fingerprint density at radius 1 is 1.04 bits per heavy atom. The summed E-state index contributed by atoms with van der Waals surface area (Å²) < 4.78 is 12.6. The van der Waals surface area contributed by atoms with Crippen LogP contribution in [0.3, 0.4) is 0 Å². The number of benzene rings is 2. The Bertz CT molecular complexity index is 949. The van der Waals surface area contributed by atoms with Crippen molar-refractivity contribution < 1.29 is 14.3 Å². The smallest absolute Gasteiger partial charge is 0.251 e. The second kappa shape index (κ2) is 9.26. The van der Waals surface area contributed by atoms with Crippen LogP contribution in [0.25, 0.3) is 11.0 Å². The number of aromatic nitrogens is 2. The zero-order valence-electron chi connectivity index (χ0n) is 16.7. The highest BCUT2D eigenvalue weighted by molar-refractivity contribution is 5.94. The Labute approximate surface area is 165 Å². The number of fused-ring (bicyclic) bond motifs is 1. The fourth-order valence-corrected chi connectivity index (χ4v) is 3.29. The molecule has 3 rings (SSSR count). The lowest BCUT2D eigenvalue weighted by molar-refractivity contribution is 0.0952. The van der Waals surface area contributed by atoms with E-state index in [-0.39, 0.29) is 5.91 Å². The summed E-state index contributed by atoms with van der Waals surface area (Å²) in [4.78, 5) is 17.0. The second-order valence-corrected chi connectivity index (χ2v) is 6.71. The largest absolute Gasteiger partial charge is 0.493 e. The summed E-state index contributed by atoms with van der Waals surface area (Å²) in [5, 5.41) is 2.96. The van der Waals surface area contributed by atoms with Crippen LogP contribution in [0.4, 0.5) is 0 Å². The number of nitrogens with one attached hydrogen (secondary N) is 1. The van der Waals surface area contributed by atoms with E-state index in [1.54, 1.807) is 32.4 Å². The number of carbonyl (C=O) groups excluding carboxylic acids is 1. The number of hydrogen-bond donors (Lipinski definition) is 1. The highest BCUT2D eigenvalue weighted by atomic mass is 16.5. The molecule has 28 heavy (non-hydrogen) atoms. The van der Waals surface area contributed by atoms with Crippen LogP contribution in [-0.4, -0.2) is 36.2 Å². The van der Waals surface area contributed by atoms with E-state index in [2.05, 4.69) is 23.0 Å². The van der Waals surface area contributed by atoms with Crippen LogP contribution in [-0.2, 0) is 13.5 Å². The zero-order chi connectivity index (χ0) is 19.9. The van der Waals surface area contributed by atoms with E-state index in [4.69, 9.17) is 14.5 Å². The van der Waals surface area contributed by atoms with Gasteiger partial charge in [0.05, 0.1) is 25.3 Å². The second-order valence-electron chi connectivity index (χ2n) is 6.71. The Morgan fingerprint density at radius 3 is 2.57 bits per heavy atom. The number of ether oxygens (including phenoxy) is 2. The molecule has 1 amide bonds. The quantitative estimate of drug-likeness (QED) is 0.574. The van der Waals surface area contributed by atoms with Gasteiger partial charge in [-0.05, 0) is 43.2 Å². The molecule has 1 aromatic heterocycles. The van der Waals surface area contributed by atoms with Gasteiger partial charge in [0, 0.05) is 25.6 Å². The van der Waals surface area contributed by atoms with Crippen molar-refractivity contribution in [3.8, 4) is 11.5 Å². The van der Waals surface area contributed by atoms with Gasteiger partial charge in [-0.15, -0.1) is 0 Å². The Kier molecular flexibility index (Phi) is 6.53. The van der Waals surface area contributed by atoms with Gasteiger partial charge in [-0.25, -0.2) is 4.98 Å². The molecule has 0 atom stereocenters. The third-order valence-corrected chi connectivity index (χ3v) is 4.89. The van der Waals surface area contributed by atoms with Crippen molar-refractivity contribution in [1.29, 1.82) is 0 Å². The lowest BCUT2D eigenvalue weighted by atomic mass is 10.1. The van der Waals surface area contributed by atoms with E-state index in [1.807, 2.05) is 18.2 Å². The molecular weight excluding hydrogens is 354 g/mol. The number of carbonyl (C=O) groups is 1. The maximum atomic E-state index is 12.3. The van der Waals surface area contributed by atoms with E-state index < -0.39 is 0 Å². The number of para-hydroxylation sites is 2. The topological polar surface area (TPSA) is 65.4 Å². The third-order valence-electron chi connectivity index (χ3n) is 4.89. The average molecular weight is 381 g/mol. The van der Waals surface area contributed by atoms with Gasteiger partial charge in [-0.2, -0.15) is 0 Å². The van der Waals surface area contributed by atoms with E-state index in [9.17, 15) is 4.79 Å². The lowest BCUT2D eigenvalue weighted by Crippen LogP contribution is -2.24. The fraction of sp³-hybridized carbons (Fsp3) is 0.364. The predicted octanol–water partition coefficient (Wildman–Crippen LogP) is 3.73. The number of methoxy groups -OCH3 is 2. The first-order chi connectivity index (χ1) is 13.6. The number of unbranched alkanes of at least 4 members (excludes halogenated alkanes) is 2. The standard InChI is InChI=1S/C22H27N3O3/c1-25-18-10-7-6-9-17(18)24-21(25)11-5-4-8-14-23-22(26)16-12-13-19(27-2)20(15-16)28-3/h6-7,9-10,12-13,15H,4-5,8,11,14H2,1-3H3,(H,23,26). The van der Waals surface area contributed by atoms with Crippen molar-refractivity contribution in [3.05, 3.63) is 53.9 Å². The molecule has 6 heteroatoms. The zero-order valence-corrected chi connectivity index (χ0v) is 16.7. The summed E-state index contributed by atoms with van der Waals surface area (Å²) in [5.41, 5.74) is 2.78. The molecule has 0 saturated heterocycles. The highest BCUT2D eigenvalue weighted by Gasteiger charge is 2.10. The highest BCUT2D eigenvalue weighted by Crippen LogP contribution is 2.27.